The van der Waals surface area contributed by atoms with Crippen molar-refractivity contribution in [1.29, 1.82) is 0 Å². The zero-order chi connectivity index (χ0) is 25.6. The van der Waals surface area contributed by atoms with E-state index in [4.69, 9.17) is 0 Å². The van der Waals surface area contributed by atoms with Gasteiger partial charge in [0.15, 0.2) is 0 Å². The number of nitrogens with one attached hydrogen (secondary N) is 1. The average Bonchev–Trinajstić information content (AvgIpc) is 3.58. The number of aryl methyl sites for hydroxylation is 1. The third-order valence-corrected chi connectivity index (χ3v) is 6.21. The van der Waals surface area contributed by atoms with Gasteiger partial charge in [0.05, 0.1) is 6.54 Å². The van der Waals surface area contributed by atoms with E-state index < -0.39 is 6.04 Å². The second-order valence-electron chi connectivity index (χ2n) is 8.80. The largest absolute Gasteiger partial charge is 0.350 e. The van der Waals surface area contributed by atoms with Crippen LogP contribution < -0.4 is 5.32 Å². The molecule has 0 spiro atoms. The van der Waals surface area contributed by atoms with Gasteiger partial charge < -0.3 is 5.32 Å². The van der Waals surface area contributed by atoms with E-state index in [1.807, 2.05) is 41.2 Å². The molecule has 0 aliphatic rings. The third kappa shape index (κ3) is 5.78. The Balaban J connectivity index is 1.32. The Bertz CT molecular complexity index is 1480. The topological polar surface area (TPSA) is 90.5 Å². The Labute approximate surface area is 213 Å². The lowest BCUT2D eigenvalue weighted by Crippen LogP contribution is -2.34. The minimum Gasteiger partial charge on any atom is -0.350 e. The Morgan fingerprint density at radius 2 is 1.84 bits per heavy atom. The number of hydrogen-bond donors (Lipinski definition) is 1. The molecular formula is C28H26FN7O. The van der Waals surface area contributed by atoms with Gasteiger partial charge in [0, 0.05) is 25.4 Å². The number of tetrazole rings is 1. The minimum absolute atomic E-state index is 0.246. The number of rotatable bonds is 9. The predicted octanol–water partition coefficient (Wildman–Crippen LogP) is 4.13. The van der Waals surface area contributed by atoms with Gasteiger partial charge in [-0.1, -0.05) is 60.7 Å². The standard InChI is InChI=1S/C28H26FN7O/c1-20-32-33-34-36(20)27(17-22-6-4-8-25(29)16-22)28(37)30-18-24-7-2-3-9-26(24)23-12-10-21(11-13-23)19-35-15-5-14-31-35/h2-16,27H,17-19H2,1H3,(H,30,37). The van der Waals surface area contributed by atoms with E-state index in [1.54, 1.807) is 25.3 Å². The number of nitrogens with zero attached hydrogens (tertiary/aromatic N) is 6. The Hall–Kier alpha value is -4.66. The predicted molar refractivity (Wildman–Crippen MR) is 137 cm³/mol. The minimum atomic E-state index is -0.717. The lowest BCUT2D eigenvalue weighted by atomic mass is 9.98. The molecule has 5 rings (SSSR count). The highest BCUT2D eigenvalue weighted by Crippen LogP contribution is 2.25. The fourth-order valence-electron chi connectivity index (χ4n) is 4.33. The number of carbonyl (C=O) groups is 1. The SMILES string of the molecule is Cc1nnnn1C(Cc1cccc(F)c1)C(=O)NCc1ccccc1-c1ccc(Cn2cccn2)cc1. The van der Waals surface area contributed by atoms with Crippen molar-refractivity contribution in [3.63, 3.8) is 0 Å². The fourth-order valence-corrected chi connectivity index (χ4v) is 4.33. The first-order valence-corrected chi connectivity index (χ1v) is 12.0. The van der Waals surface area contributed by atoms with Crippen LogP contribution in [0.5, 0.6) is 0 Å². The van der Waals surface area contributed by atoms with Crippen LogP contribution in [0.2, 0.25) is 0 Å². The normalized spacial score (nSPS) is 11.8. The maximum atomic E-state index is 13.8. The van der Waals surface area contributed by atoms with E-state index in [-0.39, 0.29) is 18.1 Å². The fraction of sp³-hybridized carbons (Fsp3) is 0.179. The molecule has 37 heavy (non-hydrogen) atoms. The summed E-state index contributed by atoms with van der Waals surface area (Å²) in [5.41, 5.74) is 4.91. The number of amides is 1. The molecule has 0 radical (unpaired) electrons. The summed E-state index contributed by atoms with van der Waals surface area (Å²) in [5, 5.41) is 18.9. The number of hydrogen-bond acceptors (Lipinski definition) is 5. The summed E-state index contributed by atoms with van der Waals surface area (Å²) < 4.78 is 17.1. The number of carbonyl (C=O) groups excluding carboxylic acids is 1. The van der Waals surface area contributed by atoms with Gasteiger partial charge in [0.2, 0.25) is 5.91 Å². The van der Waals surface area contributed by atoms with Crippen molar-refractivity contribution in [3.8, 4) is 11.1 Å². The van der Waals surface area contributed by atoms with Crippen molar-refractivity contribution in [2.75, 3.05) is 0 Å². The van der Waals surface area contributed by atoms with Crippen molar-refractivity contribution in [3.05, 3.63) is 120 Å². The first-order valence-electron chi connectivity index (χ1n) is 12.0. The third-order valence-electron chi connectivity index (χ3n) is 6.21. The zero-order valence-electron chi connectivity index (χ0n) is 20.3. The van der Waals surface area contributed by atoms with Gasteiger partial charge in [-0.2, -0.15) is 5.10 Å². The second-order valence-corrected chi connectivity index (χ2v) is 8.80. The molecule has 2 heterocycles. The van der Waals surface area contributed by atoms with Crippen molar-refractivity contribution >= 4 is 5.91 Å². The summed E-state index contributed by atoms with van der Waals surface area (Å²) in [6, 6.07) is 23.7. The molecule has 2 aromatic heterocycles. The highest BCUT2D eigenvalue weighted by molar-refractivity contribution is 5.81. The maximum absolute atomic E-state index is 13.8. The van der Waals surface area contributed by atoms with E-state index in [0.29, 0.717) is 24.5 Å². The molecule has 5 aromatic rings. The highest BCUT2D eigenvalue weighted by atomic mass is 19.1. The van der Waals surface area contributed by atoms with Crippen molar-refractivity contribution < 1.29 is 9.18 Å². The van der Waals surface area contributed by atoms with Gasteiger partial charge in [0.25, 0.3) is 0 Å². The van der Waals surface area contributed by atoms with Crippen LogP contribution in [0, 0.1) is 12.7 Å². The second kappa shape index (κ2) is 10.9. The van der Waals surface area contributed by atoms with E-state index in [2.05, 4.69) is 50.2 Å². The molecule has 0 fully saturated rings. The first-order chi connectivity index (χ1) is 18.1. The van der Waals surface area contributed by atoms with Crippen LogP contribution in [-0.2, 0) is 24.3 Å². The molecule has 1 unspecified atom stereocenters. The average molecular weight is 496 g/mol. The number of halogens is 1. The summed E-state index contributed by atoms with van der Waals surface area (Å²) in [4.78, 5) is 13.4. The molecule has 3 aromatic carbocycles. The van der Waals surface area contributed by atoms with E-state index in [0.717, 1.165) is 22.3 Å². The van der Waals surface area contributed by atoms with Gasteiger partial charge in [-0.3, -0.25) is 9.48 Å². The van der Waals surface area contributed by atoms with Crippen LogP contribution in [-0.4, -0.2) is 35.9 Å². The lowest BCUT2D eigenvalue weighted by molar-refractivity contribution is -0.124. The summed E-state index contributed by atoms with van der Waals surface area (Å²) in [7, 11) is 0. The van der Waals surface area contributed by atoms with Gasteiger partial charge >= 0.3 is 0 Å². The van der Waals surface area contributed by atoms with E-state index in [1.165, 1.54) is 16.8 Å². The van der Waals surface area contributed by atoms with Gasteiger partial charge in [0.1, 0.15) is 17.7 Å². The molecule has 0 saturated heterocycles. The van der Waals surface area contributed by atoms with Gasteiger partial charge in [-0.05, 0) is 63.4 Å². The summed E-state index contributed by atoms with van der Waals surface area (Å²) in [6.07, 6.45) is 3.96. The summed E-state index contributed by atoms with van der Waals surface area (Å²) >= 11 is 0. The molecule has 1 atom stereocenters. The Morgan fingerprint density at radius 1 is 1.00 bits per heavy atom. The number of aromatic nitrogens is 6. The Kier molecular flexibility index (Phi) is 7.12. The van der Waals surface area contributed by atoms with Crippen molar-refractivity contribution in [2.45, 2.75) is 32.5 Å². The molecule has 186 valence electrons. The van der Waals surface area contributed by atoms with Crippen molar-refractivity contribution in [2.24, 2.45) is 0 Å². The molecule has 0 saturated carbocycles. The highest BCUT2D eigenvalue weighted by Gasteiger charge is 2.24. The van der Waals surface area contributed by atoms with Crippen LogP contribution in [0.4, 0.5) is 4.39 Å². The maximum Gasteiger partial charge on any atom is 0.245 e. The van der Waals surface area contributed by atoms with Gasteiger partial charge in [-0.15, -0.1) is 5.10 Å². The molecule has 8 nitrogen and oxygen atoms in total. The zero-order valence-corrected chi connectivity index (χ0v) is 20.3. The summed E-state index contributed by atoms with van der Waals surface area (Å²) in [5.74, 6) is -0.0918. The molecule has 0 aliphatic heterocycles. The quantitative estimate of drug-likeness (QED) is 0.332. The Morgan fingerprint density at radius 3 is 2.57 bits per heavy atom. The smallest absolute Gasteiger partial charge is 0.245 e. The van der Waals surface area contributed by atoms with Crippen LogP contribution in [0.15, 0.2) is 91.3 Å². The molecule has 1 N–H and O–H groups in total. The number of benzene rings is 3. The lowest BCUT2D eigenvalue weighted by Gasteiger charge is -2.18. The molecule has 9 heteroatoms. The van der Waals surface area contributed by atoms with Crippen LogP contribution >= 0.6 is 0 Å². The van der Waals surface area contributed by atoms with E-state index >= 15 is 0 Å². The molecule has 1 amide bonds. The summed E-state index contributed by atoms with van der Waals surface area (Å²) in [6.45, 7) is 2.76. The van der Waals surface area contributed by atoms with Gasteiger partial charge in [-0.25, -0.2) is 9.07 Å². The van der Waals surface area contributed by atoms with Crippen LogP contribution in [0.3, 0.4) is 0 Å². The van der Waals surface area contributed by atoms with Crippen molar-refractivity contribution in [1.82, 2.24) is 35.3 Å². The first kappa shape index (κ1) is 24.1. The van der Waals surface area contributed by atoms with Crippen LogP contribution in [0.1, 0.15) is 28.6 Å². The van der Waals surface area contributed by atoms with E-state index in [9.17, 15) is 9.18 Å². The molecular weight excluding hydrogens is 469 g/mol. The molecule has 0 bridgehead atoms. The van der Waals surface area contributed by atoms with Crippen LogP contribution in [0.25, 0.3) is 11.1 Å². The molecule has 0 aliphatic carbocycles. The monoisotopic (exact) mass is 495 g/mol.